The quantitative estimate of drug-likeness (QED) is 0.783. The fourth-order valence-electron chi connectivity index (χ4n) is 1.39. The van der Waals surface area contributed by atoms with Gasteiger partial charge in [-0.05, 0) is 24.5 Å². The Hall–Kier alpha value is -1.09. The van der Waals surface area contributed by atoms with Gasteiger partial charge in [-0.2, -0.15) is 0 Å². The van der Waals surface area contributed by atoms with Gasteiger partial charge in [0.05, 0.1) is 12.5 Å². The molecule has 0 atom stereocenters. The van der Waals surface area contributed by atoms with E-state index in [1.807, 2.05) is 13.8 Å². The molecule has 1 heterocycles. The van der Waals surface area contributed by atoms with Gasteiger partial charge >= 0.3 is 0 Å². The summed E-state index contributed by atoms with van der Waals surface area (Å²) in [5.74, 6) is -0.135. The Labute approximate surface area is 83.7 Å². The van der Waals surface area contributed by atoms with Gasteiger partial charge in [0.15, 0.2) is 5.78 Å². The number of furan rings is 1. The van der Waals surface area contributed by atoms with Crippen molar-refractivity contribution in [3.8, 4) is 0 Å². The van der Waals surface area contributed by atoms with Gasteiger partial charge in [0.2, 0.25) is 0 Å². The molecule has 0 saturated heterocycles. The van der Waals surface area contributed by atoms with Crippen LogP contribution in [0.3, 0.4) is 0 Å². The fraction of sp³-hybridized carbons (Fsp3) is 0.545. The average Bonchev–Trinajstić information content (AvgIpc) is 2.69. The van der Waals surface area contributed by atoms with E-state index in [-0.39, 0.29) is 12.2 Å². The van der Waals surface area contributed by atoms with E-state index in [0.29, 0.717) is 12.8 Å². The molecule has 1 aromatic rings. The van der Waals surface area contributed by atoms with Gasteiger partial charge in [0.1, 0.15) is 5.60 Å². The second kappa shape index (κ2) is 4.42. The molecule has 78 valence electrons. The van der Waals surface area contributed by atoms with Crippen molar-refractivity contribution in [1.82, 2.24) is 0 Å². The molecule has 0 saturated carbocycles. The Balaban J connectivity index is 2.66. The van der Waals surface area contributed by atoms with Crippen LogP contribution in [0.4, 0.5) is 0 Å². The highest BCUT2D eigenvalue weighted by molar-refractivity contribution is 5.88. The van der Waals surface area contributed by atoms with Crippen molar-refractivity contribution in [1.29, 1.82) is 0 Å². The number of hydrogen-bond acceptors (Lipinski definition) is 3. The minimum absolute atomic E-state index is 0.135. The maximum Gasteiger partial charge on any atom is 0.168 e. The van der Waals surface area contributed by atoms with Crippen molar-refractivity contribution >= 4 is 5.78 Å². The van der Waals surface area contributed by atoms with Crippen LogP contribution >= 0.6 is 0 Å². The molecule has 0 fully saturated rings. The van der Waals surface area contributed by atoms with Crippen molar-refractivity contribution in [2.75, 3.05) is 0 Å². The Morgan fingerprint density at radius 3 is 2.57 bits per heavy atom. The SMILES string of the molecule is CCC(O)(CC)C(=O)Cc1ccoc1. The summed E-state index contributed by atoms with van der Waals surface area (Å²) in [7, 11) is 0. The van der Waals surface area contributed by atoms with Crippen LogP contribution in [0.1, 0.15) is 32.3 Å². The van der Waals surface area contributed by atoms with E-state index in [4.69, 9.17) is 4.42 Å². The first kappa shape index (κ1) is 11.0. The van der Waals surface area contributed by atoms with Crippen LogP contribution in [0.15, 0.2) is 23.0 Å². The maximum atomic E-state index is 11.7. The Morgan fingerprint density at radius 2 is 2.14 bits per heavy atom. The maximum absolute atomic E-state index is 11.7. The topological polar surface area (TPSA) is 50.4 Å². The van der Waals surface area contributed by atoms with Crippen molar-refractivity contribution in [3.63, 3.8) is 0 Å². The van der Waals surface area contributed by atoms with E-state index in [2.05, 4.69) is 0 Å². The Bertz CT molecular complexity index is 283. The average molecular weight is 196 g/mol. The molecule has 0 aliphatic carbocycles. The molecule has 0 bridgehead atoms. The molecular formula is C11H16O3. The second-order valence-corrected chi connectivity index (χ2v) is 3.47. The molecule has 0 radical (unpaired) electrons. The van der Waals surface area contributed by atoms with E-state index in [1.165, 1.54) is 12.5 Å². The van der Waals surface area contributed by atoms with E-state index < -0.39 is 5.60 Å². The van der Waals surface area contributed by atoms with Crippen molar-refractivity contribution in [2.24, 2.45) is 0 Å². The number of carbonyl (C=O) groups is 1. The van der Waals surface area contributed by atoms with Gasteiger partial charge in [-0.3, -0.25) is 4.79 Å². The standard InChI is InChI=1S/C11H16O3/c1-3-11(13,4-2)10(12)7-9-5-6-14-8-9/h5-6,8,13H,3-4,7H2,1-2H3. The molecule has 0 aromatic carbocycles. The third kappa shape index (κ3) is 2.23. The van der Waals surface area contributed by atoms with Crippen molar-refractivity contribution in [3.05, 3.63) is 24.2 Å². The summed E-state index contributed by atoms with van der Waals surface area (Å²) in [6.45, 7) is 3.63. The zero-order chi connectivity index (χ0) is 10.6. The molecule has 0 aliphatic heterocycles. The van der Waals surface area contributed by atoms with Crippen LogP contribution in [0, 0.1) is 0 Å². The molecule has 14 heavy (non-hydrogen) atoms. The number of Topliss-reactive ketones (excluding diaryl/α,β-unsaturated/α-hetero) is 1. The third-order valence-electron chi connectivity index (χ3n) is 2.63. The highest BCUT2D eigenvalue weighted by Gasteiger charge is 2.31. The van der Waals surface area contributed by atoms with Crippen LogP contribution in [0.25, 0.3) is 0 Å². The first-order chi connectivity index (χ1) is 6.62. The molecule has 3 nitrogen and oxygen atoms in total. The van der Waals surface area contributed by atoms with E-state index in [1.54, 1.807) is 6.07 Å². The van der Waals surface area contributed by atoms with Crippen LogP contribution < -0.4 is 0 Å². The van der Waals surface area contributed by atoms with Crippen LogP contribution in [0.2, 0.25) is 0 Å². The molecule has 0 unspecified atom stereocenters. The number of carbonyl (C=O) groups excluding carboxylic acids is 1. The van der Waals surface area contributed by atoms with Gasteiger partial charge in [0, 0.05) is 6.42 Å². The minimum Gasteiger partial charge on any atom is -0.472 e. The summed E-state index contributed by atoms with van der Waals surface area (Å²) in [6.07, 6.45) is 4.22. The van der Waals surface area contributed by atoms with Crippen LogP contribution in [-0.4, -0.2) is 16.5 Å². The number of rotatable bonds is 5. The zero-order valence-corrected chi connectivity index (χ0v) is 8.62. The Kier molecular flexibility index (Phi) is 3.47. The number of hydrogen-bond donors (Lipinski definition) is 1. The predicted molar refractivity (Wildman–Crippen MR) is 53.0 cm³/mol. The molecular weight excluding hydrogens is 180 g/mol. The third-order valence-corrected chi connectivity index (χ3v) is 2.63. The minimum atomic E-state index is -1.17. The summed E-state index contributed by atoms with van der Waals surface area (Å²) in [5, 5.41) is 9.92. The lowest BCUT2D eigenvalue weighted by Gasteiger charge is -2.22. The van der Waals surface area contributed by atoms with Crippen LogP contribution in [0.5, 0.6) is 0 Å². The molecule has 1 aromatic heterocycles. The van der Waals surface area contributed by atoms with Gasteiger partial charge in [-0.15, -0.1) is 0 Å². The molecule has 0 spiro atoms. The first-order valence-corrected chi connectivity index (χ1v) is 4.89. The molecule has 1 N–H and O–H groups in total. The van der Waals surface area contributed by atoms with Gasteiger partial charge < -0.3 is 9.52 Å². The monoisotopic (exact) mass is 196 g/mol. The van der Waals surface area contributed by atoms with E-state index in [0.717, 1.165) is 5.56 Å². The number of aliphatic hydroxyl groups is 1. The largest absolute Gasteiger partial charge is 0.472 e. The summed E-state index contributed by atoms with van der Waals surface area (Å²) in [5.41, 5.74) is -0.354. The van der Waals surface area contributed by atoms with Gasteiger partial charge in [-0.1, -0.05) is 13.8 Å². The van der Waals surface area contributed by atoms with Crippen molar-refractivity contribution < 1.29 is 14.3 Å². The number of ketones is 1. The lowest BCUT2D eigenvalue weighted by atomic mass is 9.89. The summed E-state index contributed by atoms with van der Waals surface area (Å²) in [4.78, 5) is 11.7. The normalized spacial score (nSPS) is 11.6. The predicted octanol–water partition coefficient (Wildman–Crippen LogP) is 1.94. The smallest absolute Gasteiger partial charge is 0.168 e. The fourth-order valence-corrected chi connectivity index (χ4v) is 1.39. The first-order valence-electron chi connectivity index (χ1n) is 4.89. The molecule has 3 heteroatoms. The Morgan fingerprint density at radius 1 is 1.50 bits per heavy atom. The second-order valence-electron chi connectivity index (χ2n) is 3.47. The van der Waals surface area contributed by atoms with E-state index in [9.17, 15) is 9.90 Å². The molecule has 0 aliphatic rings. The lowest BCUT2D eigenvalue weighted by Crippen LogP contribution is -2.38. The van der Waals surface area contributed by atoms with Crippen LogP contribution in [-0.2, 0) is 11.2 Å². The summed E-state index contributed by atoms with van der Waals surface area (Å²) >= 11 is 0. The molecule has 1 rings (SSSR count). The van der Waals surface area contributed by atoms with Crippen molar-refractivity contribution in [2.45, 2.75) is 38.7 Å². The van der Waals surface area contributed by atoms with Gasteiger partial charge in [-0.25, -0.2) is 0 Å². The lowest BCUT2D eigenvalue weighted by molar-refractivity contribution is -0.137. The highest BCUT2D eigenvalue weighted by Crippen LogP contribution is 2.18. The van der Waals surface area contributed by atoms with E-state index >= 15 is 0 Å². The zero-order valence-electron chi connectivity index (χ0n) is 8.62. The van der Waals surface area contributed by atoms with Gasteiger partial charge in [0.25, 0.3) is 0 Å². The summed E-state index contributed by atoms with van der Waals surface area (Å²) in [6, 6.07) is 1.74. The summed E-state index contributed by atoms with van der Waals surface area (Å²) < 4.78 is 4.86. The highest BCUT2D eigenvalue weighted by atomic mass is 16.3. The molecule has 0 amide bonds.